The number of nitrogens with one attached hydrogen (secondary N) is 1. The van der Waals surface area contributed by atoms with E-state index < -0.39 is 0 Å². The molecule has 1 heterocycles. The summed E-state index contributed by atoms with van der Waals surface area (Å²) in [6, 6.07) is 5.19. The zero-order valence-corrected chi connectivity index (χ0v) is 14.8. The minimum absolute atomic E-state index is 0.0299. The lowest BCUT2D eigenvalue weighted by atomic mass is 9.91. The summed E-state index contributed by atoms with van der Waals surface area (Å²) >= 11 is 1.45. The van der Waals surface area contributed by atoms with E-state index in [1.165, 1.54) is 26.0 Å². The molecule has 1 aliphatic heterocycles. The maximum absolute atomic E-state index is 12.5. The van der Waals surface area contributed by atoms with Gasteiger partial charge in [-0.1, -0.05) is 38.6 Å². The molecule has 0 unspecified atom stereocenters. The Bertz CT molecular complexity index is 641. The van der Waals surface area contributed by atoms with Gasteiger partial charge in [0.25, 0.3) is 5.91 Å². The minimum atomic E-state index is -0.333. The van der Waals surface area contributed by atoms with Gasteiger partial charge >= 0.3 is 0 Å². The molecule has 23 heavy (non-hydrogen) atoms. The highest BCUT2D eigenvalue weighted by atomic mass is 32.2. The summed E-state index contributed by atoms with van der Waals surface area (Å²) in [6.45, 7) is 6.27. The Balaban J connectivity index is 2.21. The van der Waals surface area contributed by atoms with Gasteiger partial charge in [-0.25, -0.2) is 0 Å². The fraction of sp³-hybridized carbons (Fsp3) is 0.438. The summed E-state index contributed by atoms with van der Waals surface area (Å²) in [5.41, 5.74) is 1.31. The van der Waals surface area contributed by atoms with Crippen molar-refractivity contribution in [3.8, 4) is 11.5 Å². The van der Waals surface area contributed by atoms with Crippen molar-refractivity contribution < 1.29 is 14.3 Å². The van der Waals surface area contributed by atoms with E-state index in [9.17, 15) is 4.79 Å². The topological polar surface area (TPSA) is 72.3 Å². The number of carbonyl (C=O) groups excluding carboxylic acids is 1. The largest absolute Gasteiger partial charge is 0.496 e. The summed E-state index contributed by atoms with van der Waals surface area (Å²) in [4.78, 5) is 12.5. The van der Waals surface area contributed by atoms with Crippen LogP contribution in [-0.2, 0) is 0 Å². The monoisotopic (exact) mass is 335 g/mol. The van der Waals surface area contributed by atoms with Crippen LogP contribution in [0.4, 0.5) is 0 Å². The highest BCUT2D eigenvalue weighted by Gasteiger charge is 2.25. The Morgan fingerprint density at radius 1 is 1.17 bits per heavy atom. The van der Waals surface area contributed by atoms with Crippen LogP contribution < -0.4 is 14.8 Å². The van der Waals surface area contributed by atoms with Crippen LogP contribution in [0.3, 0.4) is 0 Å². The third-order valence-electron chi connectivity index (χ3n) is 3.35. The van der Waals surface area contributed by atoms with Gasteiger partial charge in [0.05, 0.1) is 19.9 Å². The van der Waals surface area contributed by atoms with E-state index in [0.717, 1.165) is 5.71 Å². The lowest BCUT2D eigenvalue weighted by Crippen LogP contribution is -2.33. The molecule has 0 spiro atoms. The van der Waals surface area contributed by atoms with E-state index in [0.29, 0.717) is 28.0 Å². The zero-order chi connectivity index (χ0) is 17.0. The second-order valence-corrected chi connectivity index (χ2v) is 6.95. The summed E-state index contributed by atoms with van der Waals surface area (Å²) in [7, 11) is 3.02. The molecule has 124 valence electrons. The van der Waals surface area contributed by atoms with Crippen molar-refractivity contribution in [3.63, 3.8) is 0 Å². The smallest absolute Gasteiger partial charge is 0.264 e. The average molecular weight is 335 g/mol. The van der Waals surface area contributed by atoms with Gasteiger partial charge in [0.2, 0.25) is 0 Å². The lowest BCUT2D eigenvalue weighted by molar-refractivity contribution is 0.0971. The summed E-state index contributed by atoms with van der Waals surface area (Å²) in [5, 5.41) is 11.6. The molecule has 0 aliphatic carbocycles. The first-order chi connectivity index (χ1) is 10.9. The molecule has 1 aromatic carbocycles. The average Bonchev–Trinajstić information content (AvgIpc) is 2.53. The Hall–Kier alpha value is -2.02. The third-order valence-corrected chi connectivity index (χ3v) is 4.22. The van der Waals surface area contributed by atoms with Crippen LogP contribution >= 0.6 is 11.8 Å². The van der Waals surface area contributed by atoms with Gasteiger partial charge in [-0.05, 0) is 12.1 Å². The van der Waals surface area contributed by atoms with Crippen LogP contribution in [0.15, 0.2) is 28.4 Å². The Labute approximate surface area is 140 Å². The van der Waals surface area contributed by atoms with E-state index in [2.05, 4.69) is 36.3 Å². The predicted molar refractivity (Wildman–Crippen MR) is 93.8 cm³/mol. The van der Waals surface area contributed by atoms with Crippen LogP contribution in [0.1, 0.15) is 31.1 Å². The number of ether oxygens (including phenoxy) is 2. The molecule has 1 aromatic rings. The zero-order valence-electron chi connectivity index (χ0n) is 14.0. The molecule has 0 fully saturated rings. The van der Waals surface area contributed by atoms with Gasteiger partial charge < -0.3 is 9.47 Å². The number of methoxy groups -OCH3 is 2. The molecular formula is C16H21N3O3S. The molecule has 0 saturated heterocycles. The van der Waals surface area contributed by atoms with Crippen molar-refractivity contribution in [3.05, 3.63) is 23.8 Å². The molecule has 0 saturated carbocycles. The fourth-order valence-electron chi connectivity index (χ4n) is 1.96. The van der Waals surface area contributed by atoms with Gasteiger partial charge in [0.1, 0.15) is 17.1 Å². The highest BCUT2D eigenvalue weighted by Crippen LogP contribution is 2.28. The molecule has 7 heteroatoms. The summed E-state index contributed by atoms with van der Waals surface area (Å²) < 4.78 is 10.5. The van der Waals surface area contributed by atoms with Crippen LogP contribution in [0.5, 0.6) is 11.5 Å². The Kier molecular flexibility index (Phi) is 5.30. The van der Waals surface area contributed by atoms with Crippen LogP contribution in [0, 0.1) is 5.41 Å². The Morgan fingerprint density at radius 3 is 2.22 bits per heavy atom. The molecule has 0 atom stereocenters. The second-order valence-electron chi connectivity index (χ2n) is 5.98. The molecule has 1 amide bonds. The van der Waals surface area contributed by atoms with Crippen molar-refractivity contribution in [2.24, 2.45) is 15.6 Å². The van der Waals surface area contributed by atoms with Gasteiger partial charge in [-0.15, -0.1) is 5.10 Å². The number of nitrogens with zero attached hydrogens (tertiary/aromatic N) is 2. The quantitative estimate of drug-likeness (QED) is 0.922. The van der Waals surface area contributed by atoms with Crippen molar-refractivity contribution in [1.29, 1.82) is 0 Å². The number of hydrogen-bond donors (Lipinski definition) is 1. The molecule has 0 aromatic heterocycles. The van der Waals surface area contributed by atoms with E-state index in [4.69, 9.17) is 9.47 Å². The number of rotatable bonds is 3. The van der Waals surface area contributed by atoms with Crippen molar-refractivity contribution in [2.45, 2.75) is 20.8 Å². The van der Waals surface area contributed by atoms with Gasteiger partial charge in [-0.2, -0.15) is 5.10 Å². The van der Waals surface area contributed by atoms with Crippen molar-refractivity contribution in [2.75, 3.05) is 20.0 Å². The fourth-order valence-corrected chi connectivity index (χ4v) is 2.99. The van der Waals surface area contributed by atoms with Crippen LogP contribution in [0.2, 0.25) is 0 Å². The van der Waals surface area contributed by atoms with Gasteiger partial charge in [0, 0.05) is 11.2 Å². The van der Waals surface area contributed by atoms with E-state index in [1.807, 2.05) is 0 Å². The van der Waals surface area contributed by atoms with E-state index in [-0.39, 0.29) is 11.3 Å². The van der Waals surface area contributed by atoms with Gasteiger partial charge in [-0.3, -0.25) is 10.1 Å². The van der Waals surface area contributed by atoms with Crippen LogP contribution in [-0.4, -0.2) is 36.8 Å². The highest BCUT2D eigenvalue weighted by molar-refractivity contribution is 8.14. The number of hydrogen-bond acceptors (Lipinski definition) is 6. The summed E-state index contributed by atoms with van der Waals surface area (Å²) in [5.74, 6) is 1.26. The maximum atomic E-state index is 12.5. The van der Waals surface area contributed by atoms with Gasteiger partial charge in [0.15, 0.2) is 5.17 Å². The maximum Gasteiger partial charge on any atom is 0.264 e. The van der Waals surface area contributed by atoms with E-state index in [1.54, 1.807) is 18.2 Å². The number of carbonyl (C=O) groups is 1. The number of amidine groups is 1. The molecular weight excluding hydrogens is 314 g/mol. The molecule has 1 N–H and O–H groups in total. The first kappa shape index (κ1) is 17.3. The molecule has 0 bridgehead atoms. The normalized spacial score (nSPS) is 14.7. The second kappa shape index (κ2) is 7.04. The Morgan fingerprint density at radius 2 is 1.78 bits per heavy atom. The number of thioether (sulfide) groups is 1. The SMILES string of the molecule is COc1cccc(OC)c1C(=O)NC1=NN=C(C(C)(C)C)CS1. The summed E-state index contributed by atoms with van der Waals surface area (Å²) in [6.07, 6.45) is 0. The van der Waals surface area contributed by atoms with Crippen LogP contribution in [0.25, 0.3) is 0 Å². The molecule has 0 radical (unpaired) electrons. The first-order valence-corrected chi connectivity index (χ1v) is 8.15. The molecule has 2 rings (SSSR count). The standard InChI is InChI=1S/C16H21N3O3S/c1-16(2,3)12-9-23-15(19-18-12)17-14(20)13-10(21-4)7-6-8-11(13)22-5/h6-8H,9H2,1-5H3,(H,17,19,20). The van der Waals surface area contributed by atoms with Crippen molar-refractivity contribution in [1.82, 2.24) is 5.32 Å². The third kappa shape index (κ3) is 4.04. The van der Waals surface area contributed by atoms with E-state index >= 15 is 0 Å². The first-order valence-electron chi connectivity index (χ1n) is 7.17. The predicted octanol–water partition coefficient (Wildman–Crippen LogP) is 2.94. The molecule has 1 aliphatic rings. The van der Waals surface area contributed by atoms with Crippen molar-refractivity contribution >= 4 is 28.5 Å². The number of benzene rings is 1. The minimum Gasteiger partial charge on any atom is -0.496 e. The number of amides is 1. The lowest BCUT2D eigenvalue weighted by Gasteiger charge is -2.23. The molecule has 6 nitrogen and oxygen atoms in total.